The Kier molecular flexibility index (Phi) is 8.24. The van der Waals surface area contributed by atoms with Gasteiger partial charge in [-0.1, -0.05) is 43.5 Å². The lowest BCUT2D eigenvalue weighted by Crippen LogP contribution is -2.30. The predicted molar refractivity (Wildman–Crippen MR) is 104 cm³/mol. The smallest absolute Gasteiger partial charge is 0.212 e. The van der Waals surface area contributed by atoms with Crippen LogP contribution in [-0.2, 0) is 0 Å². The van der Waals surface area contributed by atoms with Crippen molar-refractivity contribution in [3.63, 3.8) is 0 Å². The van der Waals surface area contributed by atoms with Crippen molar-refractivity contribution in [3.05, 3.63) is 53.8 Å². The first-order chi connectivity index (χ1) is 12.7. The maximum absolute atomic E-state index is 9.02. The molecule has 6 nitrogen and oxygen atoms in total. The van der Waals surface area contributed by atoms with Crippen LogP contribution in [-0.4, -0.2) is 17.2 Å². The summed E-state index contributed by atoms with van der Waals surface area (Å²) in [6, 6.07) is 10.9. The van der Waals surface area contributed by atoms with E-state index in [1.165, 1.54) is 0 Å². The minimum Gasteiger partial charge on any atom is -0.467 e. The van der Waals surface area contributed by atoms with E-state index in [1.54, 1.807) is 36.7 Å². The molecule has 1 aromatic carbocycles. The quantitative estimate of drug-likeness (QED) is 0.234. The number of aromatic nitrogens is 1. The number of unbranched alkanes of at least 4 members (excludes halogenated alkanes) is 2. The van der Waals surface area contributed by atoms with Crippen LogP contribution in [0.3, 0.4) is 0 Å². The van der Waals surface area contributed by atoms with Crippen molar-refractivity contribution >= 4 is 23.2 Å². The van der Waals surface area contributed by atoms with E-state index < -0.39 is 6.23 Å². The Morgan fingerprint density at radius 1 is 1.27 bits per heavy atom. The van der Waals surface area contributed by atoms with E-state index in [9.17, 15) is 0 Å². The van der Waals surface area contributed by atoms with Gasteiger partial charge in [-0.25, -0.2) is 4.99 Å². The summed E-state index contributed by atoms with van der Waals surface area (Å²) in [6.45, 7) is 2.14. The molecular weight excluding hydrogens is 350 g/mol. The lowest BCUT2D eigenvalue weighted by Gasteiger charge is -2.18. The van der Waals surface area contributed by atoms with Gasteiger partial charge in [0.25, 0.3) is 0 Å². The fourth-order valence-electron chi connectivity index (χ4n) is 2.27. The molecular formula is C19H22ClN5O. The highest BCUT2D eigenvalue weighted by Crippen LogP contribution is 2.25. The largest absolute Gasteiger partial charge is 0.467 e. The van der Waals surface area contributed by atoms with E-state index in [2.05, 4.69) is 27.5 Å². The number of hydrogen-bond acceptors (Lipinski definition) is 4. The van der Waals surface area contributed by atoms with Crippen LogP contribution in [0.5, 0.6) is 5.75 Å². The lowest BCUT2D eigenvalue weighted by atomic mass is 10.2. The van der Waals surface area contributed by atoms with Gasteiger partial charge in [-0.3, -0.25) is 10.3 Å². The summed E-state index contributed by atoms with van der Waals surface area (Å²) >= 11 is 6.19. The number of anilines is 1. The van der Waals surface area contributed by atoms with Crippen molar-refractivity contribution in [1.82, 2.24) is 10.3 Å². The Bertz CT molecular complexity index is 745. The molecule has 136 valence electrons. The molecule has 0 fully saturated rings. The molecule has 26 heavy (non-hydrogen) atoms. The number of ether oxygens (including phenoxy) is 1. The van der Waals surface area contributed by atoms with Gasteiger partial charge < -0.3 is 10.1 Å². The summed E-state index contributed by atoms with van der Waals surface area (Å²) in [5, 5.41) is 15.2. The van der Waals surface area contributed by atoms with Crippen LogP contribution in [0.2, 0.25) is 5.02 Å². The highest BCUT2D eigenvalue weighted by Gasteiger charge is 2.13. The molecule has 0 aliphatic carbocycles. The van der Waals surface area contributed by atoms with Gasteiger partial charge in [0.2, 0.25) is 5.96 Å². The maximum atomic E-state index is 9.02. The number of aliphatic imine (C=N–C) groups is 1. The standard InChI is InChI=1S/C19H22ClN5O/c1-2-3-4-9-18(26-17-8-6-5-7-16(17)20)25-19(23-14-21)24-15-10-12-22-13-11-15/h5-8,10-13,18H,2-4,9H2,1H3,(H2,22,23,24,25). The second-order valence-electron chi connectivity index (χ2n) is 5.57. The fraction of sp³-hybridized carbons (Fsp3) is 0.316. The number of nitriles is 1. The van der Waals surface area contributed by atoms with Crippen molar-refractivity contribution in [1.29, 1.82) is 5.26 Å². The molecule has 1 atom stereocenters. The minimum absolute atomic E-state index is 0.312. The van der Waals surface area contributed by atoms with E-state index in [0.717, 1.165) is 24.9 Å². The first-order valence-corrected chi connectivity index (χ1v) is 8.92. The van der Waals surface area contributed by atoms with Gasteiger partial charge in [0.1, 0.15) is 5.75 Å². The lowest BCUT2D eigenvalue weighted by molar-refractivity contribution is 0.196. The molecule has 0 saturated carbocycles. The summed E-state index contributed by atoms with van der Waals surface area (Å²) in [5.41, 5.74) is 0.770. The van der Waals surface area contributed by atoms with Crippen LogP contribution in [0.1, 0.15) is 32.6 Å². The number of para-hydroxylation sites is 1. The first-order valence-electron chi connectivity index (χ1n) is 8.54. The number of nitrogens with one attached hydrogen (secondary N) is 2. The Morgan fingerprint density at radius 2 is 2.04 bits per heavy atom. The molecule has 1 aromatic heterocycles. The van der Waals surface area contributed by atoms with Crippen molar-refractivity contribution < 1.29 is 4.74 Å². The number of guanidine groups is 1. The zero-order chi connectivity index (χ0) is 18.6. The van der Waals surface area contributed by atoms with Gasteiger partial charge >= 0.3 is 0 Å². The second kappa shape index (κ2) is 11.0. The zero-order valence-corrected chi connectivity index (χ0v) is 15.4. The van der Waals surface area contributed by atoms with E-state index in [1.807, 2.05) is 18.3 Å². The highest BCUT2D eigenvalue weighted by atomic mass is 35.5. The number of benzene rings is 1. The Hall–Kier alpha value is -2.78. The fourth-order valence-corrected chi connectivity index (χ4v) is 2.45. The molecule has 2 N–H and O–H groups in total. The monoisotopic (exact) mass is 371 g/mol. The van der Waals surface area contributed by atoms with Gasteiger partial charge in [0, 0.05) is 24.5 Å². The zero-order valence-electron chi connectivity index (χ0n) is 14.7. The summed E-state index contributed by atoms with van der Waals surface area (Å²) in [4.78, 5) is 8.51. The SMILES string of the molecule is CCCCCC(N=C(NC#N)Nc1ccncc1)Oc1ccccc1Cl. The van der Waals surface area contributed by atoms with Crippen LogP contribution >= 0.6 is 11.6 Å². The third-order valence-electron chi connectivity index (χ3n) is 3.54. The number of nitrogens with zero attached hydrogens (tertiary/aromatic N) is 3. The minimum atomic E-state index is -0.466. The van der Waals surface area contributed by atoms with Gasteiger partial charge in [0.05, 0.1) is 5.02 Å². The molecule has 0 saturated heterocycles. The Balaban J connectivity index is 2.18. The van der Waals surface area contributed by atoms with Gasteiger partial charge in [0.15, 0.2) is 12.4 Å². The van der Waals surface area contributed by atoms with Crippen LogP contribution in [0.15, 0.2) is 53.8 Å². The summed E-state index contributed by atoms with van der Waals surface area (Å²) in [7, 11) is 0. The molecule has 0 amide bonds. The van der Waals surface area contributed by atoms with Crippen LogP contribution in [0.25, 0.3) is 0 Å². The second-order valence-corrected chi connectivity index (χ2v) is 5.98. The third-order valence-corrected chi connectivity index (χ3v) is 3.86. The molecule has 0 spiro atoms. The highest BCUT2D eigenvalue weighted by molar-refractivity contribution is 6.32. The van der Waals surface area contributed by atoms with E-state index >= 15 is 0 Å². The Morgan fingerprint density at radius 3 is 2.73 bits per heavy atom. The van der Waals surface area contributed by atoms with E-state index in [4.69, 9.17) is 21.6 Å². The predicted octanol–water partition coefficient (Wildman–Crippen LogP) is 4.56. The van der Waals surface area contributed by atoms with Crippen molar-refractivity contribution in [2.24, 2.45) is 4.99 Å². The third kappa shape index (κ3) is 6.61. The molecule has 7 heteroatoms. The molecule has 2 rings (SSSR count). The summed E-state index contributed by atoms with van der Waals surface area (Å²) in [6.07, 6.45) is 8.60. The van der Waals surface area contributed by atoms with Gasteiger partial charge in [-0.2, -0.15) is 5.26 Å². The van der Waals surface area contributed by atoms with Gasteiger partial charge in [-0.15, -0.1) is 0 Å². The molecule has 0 radical (unpaired) electrons. The number of pyridine rings is 1. The van der Waals surface area contributed by atoms with Crippen LogP contribution in [0, 0.1) is 11.5 Å². The first kappa shape index (κ1) is 19.5. The molecule has 0 bridgehead atoms. The molecule has 1 heterocycles. The summed E-state index contributed by atoms with van der Waals surface area (Å²) < 4.78 is 5.99. The van der Waals surface area contributed by atoms with Crippen LogP contribution < -0.4 is 15.4 Å². The van der Waals surface area contributed by atoms with Crippen molar-refractivity contribution in [2.45, 2.75) is 38.8 Å². The molecule has 2 aromatic rings. The van der Waals surface area contributed by atoms with Gasteiger partial charge in [-0.05, 0) is 30.7 Å². The maximum Gasteiger partial charge on any atom is 0.212 e. The number of halogens is 1. The number of rotatable bonds is 8. The topological polar surface area (TPSA) is 82.3 Å². The molecule has 0 aliphatic heterocycles. The Labute approximate surface area is 158 Å². The number of hydrogen-bond donors (Lipinski definition) is 2. The normalized spacial score (nSPS) is 12.1. The average molecular weight is 372 g/mol. The van der Waals surface area contributed by atoms with E-state index in [0.29, 0.717) is 23.2 Å². The average Bonchev–Trinajstić information content (AvgIpc) is 2.65. The molecule has 0 aliphatic rings. The van der Waals surface area contributed by atoms with Crippen LogP contribution in [0.4, 0.5) is 5.69 Å². The van der Waals surface area contributed by atoms with Crippen molar-refractivity contribution in [3.8, 4) is 11.9 Å². The van der Waals surface area contributed by atoms with E-state index in [-0.39, 0.29) is 0 Å². The molecule has 1 unspecified atom stereocenters. The van der Waals surface area contributed by atoms with Crippen molar-refractivity contribution in [2.75, 3.05) is 5.32 Å². The summed E-state index contributed by atoms with van der Waals surface area (Å²) in [5.74, 6) is 0.881.